The Morgan fingerprint density at radius 1 is 0.586 bits per heavy atom. The summed E-state index contributed by atoms with van der Waals surface area (Å²) < 4.78 is 10.7. The number of benzene rings is 1. The van der Waals surface area contributed by atoms with Gasteiger partial charge in [0, 0.05) is 0 Å². The van der Waals surface area contributed by atoms with Gasteiger partial charge in [0.2, 0.25) is 0 Å². The molecule has 0 aliphatic rings. The maximum atomic E-state index is 12.4. The molecular formula is C25H40O4. The molecule has 0 aromatic heterocycles. The highest BCUT2D eigenvalue weighted by molar-refractivity contribution is 6.03. The SMILES string of the molecule is CCCCCCCCCCCOC(=O)c1ccccc1C(=O)OCCCCCC. The van der Waals surface area contributed by atoms with Crippen LogP contribution in [-0.4, -0.2) is 25.2 Å². The standard InChI is InChI=1S/C25H40O4/c1-3-5-7-9-10-11-12-13-17-21-29-25(27)23-19-15-14-18-22(23)24(26)28-20-16-8-6-4-2/h14-15,18-19H,3-13,16-17,20-21H2,1-2H3. The number of carbonyl (C=O) groups is 2. The molecule has 0 radical (unpaired) electrons. The second-order valence-corrected chi connectivity index (χ2v) is 7.71. The monoisotopic (exact) mass is 404 g/mol. The van der Waals surface area contributed by atoms with Crippen molar-refractivity contribution in [3.8, 4) is 0 Å². The second kappa shape index (κ2) is 17.1. The number of hydrogen-bond acceptors (Lipinski definition) is 4. The highest BCUT2D eigenvalue weighted by Crippen LogP contribution is 2.14. The first-order valence-electron chi connectivity index (χ1n) is 11.6. The minimum Gasteiger partial charge on any atom is -0.462 e. The number of esters is 2. The van der Waals surface area contributed by atoms with Gasteiger partial charge in [-0.3, -0.25) is 0 Å². The first-order valence-corrected chi connectivity index (χ1v) is 11.6. The summed E-state index contributed by atoms with van der Waals surface area (Å²) in [4.78, 5) is 24.7. The van der Waals surface area contributed by atoms with Crippen molar-refractivity contribution in [2.45, 2.75) is 97.3 Å². The van der Waals surface area contributed by atoms with E-state index < -0.39 is 11.9 Å². The third-order valence-electron chi connectivity index (χ3n) is 5.08. The van der Waals surface area contributed by atoms with Gasteiger partial charge >= 0.3 is 11.9 Å². The number of hydrogen-bond donors (Lipinski definition) is 0. The smallest absolute Gasteiger partial charge is 0.339 e. The average Bonchev–Trinajstić information content (AvgIpc) is 2.74. The van der Waals surface area contributed by atoms with Crippen LogP contribution in [0.4, 0.5) is 0 Å². The molecule has 0 aliphatic carbocycles. The molecular weight excluding hydrogens is 364 g/mol. The van der Waals surface area contributed by atoms with Crippen LogP contribution in [0.1, 0.15) is 118 Å². The lowest BCUT2D eigenvalue weighted by atomic mass is 10.1. The van der Waals surface area contributed by atoms with E-state index in [4.69, 9.17) is 9.47 Å². The van der Waals surface area contributed by atoms with Gasteiger partial charge in [-0.2, -0.15) is 0 Å². The Hall–Kier alpha value is -1.84. The molecule has 0 N–H and O–H groups in total. The van der Waals surface area contributed by atoms with Gasteiger partial charge in [0.05, 0.1) is 24.3 Å². The number of ether oxygens (including phenoxy) is 2. The van der Waals surface area contributed by atoms with Crippen LogP contribution in [0, 0.1) is 0 Å². The van der Waals surface area contributed by atoms with E-state index in [1.165, 1.54) is 44.9 Å². The van der Waals surface area contributed by atoms with Crippen LogP contribution in [0.3, 0.4) is 0 Å². The Kier molecular flexibility index (Phi) is 14.8. The summed E-state index contributed by atoms with van der Waals surface area (Å²) in [6.45, 7) is 5.16. The summed E-state index contributed by atoms with van der Waals surface area (Å²) in [5.74, 6) is -0.889. The first-order chi connectivity index (χ1) is 14.2. The molecule has 29 heavy (non-hydrogen) atoms. The molecule has 0 heterocycles. The fourth-order valence-electron chi connectivity index (χ4n) is 3.27. The molecule has 1 aromatic rings. The van der Waals surface area contributed by atoms with Crippen molar-refractivity contribution in [1.29, 1.82) is 0 Å². The van der Waals surface area contributed by atoms with Crippen LogP contribution in [0.5, 0.6) is 0 Å². The molecule has 0 spiro atoms. The largest absolute Gasteiger partial charge is 0.462 e. The number of carbonyl (C=O) groups excluding carboxylic acids is 2. The van der Waals surface area contributed by atoms with Crippen LogP contribution in [0.25, 0.3) is 0 Å². The van der Waals surface area contributed by atoms with E-state index in [2.05, 4.69) is 13.8 Å². The topological polar surface area (TPSA) is 52.6 Å². The van der Waals surface area contributed by atoms with Gasteiger partial charge in [-0.05, 0) is 25.0 Å². The maximum absolute atomic E-state index is 12.4. The first kappa shape index (κ1) is 25.2. The lowest BCUT2D eigenvalue weighted by Crippen LogP contribution is -2.15. The molecule has 0 amide bonds. The molecule has 164 valence electrons. The minimum absolute atomic E-state index is 0.292. The average molecular weight is 405 g/mol. The molecule has 0 bridgehead atoms. The van der Waals surface area contributed by atoms with Crippen LogP contribution >= 0.6 is 0 Å². The van der Waals surface area contributed by atoms with Gasteiger partial charge < -0.3 is 9.47 Å². The molecule has 0 unspecified atom stereocenters. The Bertz CT molecular complexity index is 568. The number of unbranched alkanes of at least 4 members (excludes halogenated alkanes) is 11. The number of rotatable bonds is 17. The van der Waals surface area contributed by atoms with E-state index in [1.807, 2.05) is 0 Å². The van der Waals surface area contributed by atoms with E-state index in [0.717, 1.165) is 38.5 Å². The summed E-state index contributed by atoms with van der Waals surface area (Å²) >= 11 is 0. The van der Waals surface area contributed by atoms with Crippen molar-refractivity contribution < 1.29 is 19.1 Å². The zero-order valence-corrected chi connectivity index (χ0v) is 18.5. The second-order valence-electron chi connectivity index (χ2n) is 7.71. The Balaban J connectivity index is 2.27. The summed E-state index contributed by atoms with van der Waals surface area (Å²) in [5.41, 5.74) is 0.585. The van der Waals surface area contributed by atoms with E-state index in [9.17, 15) is 9.59 Å². The molecule has 0 saturated heterocycles. The summed E-state index contributed by atoms with van der Waals surface area (Å²) in [6, 6.07) is 6.74. The van der Waals surface area contributed by atoms with Crippen LogP contribution in [-0.2, 0) is 9.47 Å². The van der Waals surface area contributed by atoms with E-state index in [-0.39, 0.29) is 0 Å². The van der Waals surface area contributed by atoms with E-state index >= 15 is 0 Å². The van der Waals surface area contributed by atoms with Crippen molar-refractivity contribution in [2.24, 2.45) is 0 Å². The zero-order valence-electron chi connectivity index (χ0n) is 18.5. The van der Waals surface area contributed by atoms with Gasteiger partial charge in [-0.15, -0.1) is 0 Å². The molecule has 0 saturated carbocycles. The minimum atomic E-state index is -0.447. The highest BCUT2D eigenvalue weighted by Gasteiger charge is 2.18. The quantitative estimate of drug-likeness (QED) is 0.205. The van der Waals surface area contributed by atoms with Gasteiger partial charge in [0.1, 0.15) is 0 Å². The predicted molar refractivity (Wildman–Crippen MR) is 118 cm³/mol. The van der Waals surface area contributed by atoms with Crippen LogP contribution in [0.2, 0.25) is 0 Å². The molecule has 1 rings (SSSR count). The van der Waals surface area contributed by atoms with Gasteiger partial charge in [-0.25, -0.2) is 9.59 Å². The van der Waals surface area contributed by atoms with Crippen LogP contribution < -0.4 is 0 Å². The van der Waals surface area contributed by atoms with Crippen molar-refractivity contribution >= 4 is 11.9 Å². The maximum Gasteiger partial charge on any atom is 0.339 e. The van der Waals surface area contributed by atoms with Gasteiger partial charge in [-0.1, -0.05) is 96.6 Å². The Morgan fingerprint density at radius 3 is 1.34 bits per heavy atom. The van der Waals surface area contributed by atoms with Crippen molar-refractivity contribution in [3.05, 3.63) is 35.4 Å². The van der Waals surface area contributed by atoms with Gasteiger partial charge in [0.15, 0.2) is 0 Å². The zero-order chi connectivity index (χ0) is 21.2. The predicted octanol–water partition coefficient (Wildman–Crippen LogP) is 7.11. The van der Waals surface area contributed by atoms with E-state index in [1.54, 1.807) is 24.3 Å². The highest BCUT2D eigenvalue weighted by atomic mass is 16.5. The summed E-state index contributed by atoms with van der Waals surface area (Å²) in [5, 5.41) is 0. The Labute approximate surface area is 177 Å². The van der Waals surface area contributed by atoms with Crippen molar-refractivity contribution in [2.75, 3.05) is 13.2 Å². The molecule has 1 aromatic carbocycles. The summed E-state index contributed by atoms with van der Waals surface area (Å²) in [6.07, 6.45) is 15.1. The summed E-state index contributed by atoms with van der Waals surface area (Å²) in [7, 11) is 0. The fraction of sp³-hybridized carbons (Fsp3) is 0.680. The Morgan fingerprint density at radius 2 is 0.931 bits per heavy atom. The fourth-order valence-corrected chi connectivity index (χ4v) is 3.27. The lowest BCUT2D eigenvalue weighted by molar-refractivity contribution is 0.0450. The lowest BCUT2D eigenvalue weighted by Gasteiger charge is -2.10. The van der Waals surface area contributed by atoms with Crippen molar-refractivity contribution in [3.63, 3.8) is 0 Å². The van der Waals surface area contributed by atoms with Gasteiger partial charge in [0.25, 0.3) is 0 Å². The molecule has 4 nitrogen and oxygen atoms in total. The molecule has 0 atom stereocenters. The van der Waals surface area contributed by atoms with Crippen LogP contribution in [0.15, 0.2) is 24.3 Å². The third-order valence-corrected chi connectivity index (χ3v) is 5.08. The normalized spacial score (nSPS) is 10.7. The van der Waals surface area contributed by atoms with E-state index in [0.29, 0.717) is 24.3 Å². The molecule has 0 fully saturated rings. The molecule has 4 heteroatoms. The molecule has 0 aliphatic heterocycles. The van der Waals surface area contributed by atoms with Crippen molar-refractivity contribution in [1.82, 2.24) is 0 Å². The third kappa shape index (κ3) is 11.7.